The van der Waals surface area contributed by atoms with Gasteiger partial charge in [0.05, 0.1) is 18.3 Å². The summed E-state index contributed by atoms with van der Waals surface area (Å²) in [6.45, 7) is 24.6. The van der Waals surface area contributed by atoms with Crippen molar-refractivity contribution in [1.29, 1.82) is 0 Å². The predicted octanol–water partition coefficient (Wildman–Crippen LogP) is 23.7. The molecule has 0 fully saturated rings. The molecule has 0 spiro atoms. The van der Waals surface area contributed by atoms with Crippen molar-refractivity contribution in [2.75, 3.05) is 7.11 Å². The summed E-state index contributed by atoms with van der Waals surface area (Å²) >= 11 is 5.61. The van der Waals surface area contributed by atoms with Gasteiger partial charge in [-0.3, -0.25) is 10.1 Å². The summed E-state index contributed by atoms with van der Waals surface area (Å²) in [5.74, 6) is 1.71. The van der Waals surface area contributed by atoms with E-state index in [0.717, 1.165) is 27.7 Å². The molecule has 11 aromatic carbocycles. The Labute approximate surface area is 530 Å². The summed E-state index contributed by atoms with van der Waals surface area (Å²) in [7, 11) is 1.67. The zero-order valence-electron chi connectivity index (χ0n) is 53.5. The van der Waals surface area contributed by atoms with E-state index in [2.05, 4.69) is 207 Å². The minimum Gasteiger partial charge on any atom is -0.497 e. The van der Waals surface area contributed by atoms with Crippen LogP contribution in [0.1, 0.15) is 67.0 Å². The largest absolute Gasteiger partial charge is 0.497 e. The maximum absolute atomic E-state index is 12.1. The topological polar surface area (TPSA) is 65.5 Å². The van der Waals surface area contributed by atoms with Crippen molar-refractivity contribution in [1.82, 2.24) is 0 Å². The fourth-order valence-corrected chi connectivity index (χ4v) is 7.49. The van der Waals surface area contributed by atoms with E-state index in [1.165, 1.54) is 96.2 Å². The first kappa shape index (κ1) is 72.6. The van der Waals surface area contributed by atoms with Crippen molar-refractivity contribution in [3.63, 3.8) is 0 Å². The first-order valence-corrected chi connectivity index (χ1v) is 29.5. The van der Waals surface area contributed by atoms with Crippen LogP contribution in [0, 0.1) is 99.0 Å². The number of non-ortho nitro benzene ring substituents is 1. The van der Waals surface area contributed by atoms with Crippen LogP contribution in [0.15, 0.2) is 296 Å². The van der Waals surface area contributed by atoms with Gasteiger partial charge in [-0.1, -0.05) is 281 Å². The highest BCUT2D eigenvalue weighted by atomic mass is 35.5. The van der Waals surface area contributed by atoms with Gasteiger partial charge in [-0.2, -0.15) is 0 Å². The number of fused-ring (bicyclic) bond motifs is 1. The van der Waals surface area contributed by atoms with E-state index >= 15 is 0 Å². The Morgan fingerprint density at radius 3 is 1.08 bits per heavy atom. The minimum absolute atomic E-state index is 0.144. The van der Waals surface area contributed by atoms with Crippen molar-refractivity contribution < 1.29 is 18.5 Å². The van der Waals surface area contributed by atoms with Crippen molar-refractivity contribution >= 4 is 28.1 Å². The molecule has 1 aromatic heterocycles. The van der Waals surface area contributed by atoms with Crippen molar-refractivity contribution in [2.45, 2.75) is 83.1 Å². The van der Waals surface area contributed by atoms with Crippen molar-refractivity contribution in [3.05, 3.63) is 379 Å². The van der Waals surface area contributed by atoms with Crippen LogP contribution >= 0.6 is 11.6 Å². The van der Waals surface area contributed by atoms with E-state index in [1.54, 1.807) is 37.6 Å². The number of hydrogen-bond acceptors (Lipinski definition) is 4. The Bertz CT molecular complexity index is 3530. The van der Waals surface area contributed by atoms with Crippen LogP contribution in [0.5, 0.6) is 5.75 Å². The van der Waals surface area contributed by atoms with E-state index in [-0.39, 0.29) is 11.5 Å². The van der Waals surface area contributed by atoms with Crippen LogP contribution in [0.2, 0.25) is 5.02 Å². The number of methoxy groups -OCH3 is 1. The lowest BCUT2D eigenvalue weighted by atomic mass is 10.0. The Morgan fingerprint density at radius 2 is 0.716 bits per heavy atom. The molecule has 0 aliphatic heterocycles. The first-order chi connectivity index (χ1) is 42.2. The lowest BCUT2D eigenvalue weighted by Crippen LogP contribution is -1.86. The summed E-state index contributed by atoms with van der Waals surface area (Å²) in [6, 6.07) is 93.3. The number of nitro benzene ring substituents is 1. The highest BCUT2D eigenvalue weighted by Crippen LogP contribution is 2.20. The smallest absolute Gasteiger partial charge is 0.269 e. The molecule has 0 radical (unpaired) electrons. The molecular weight excluding hydrogens is 1110 g/mol. The number of ether oxygens (including phenoxy) is 1. The Kier molecular flexibility index (Phi) is 34.9. The fourth-order valence-electron chi connectivity index (χ4n) is 7.37. The molecule has 0 N–H and O–H groups in total. The third kappa shape index (κ3) is 32.6. The second-order valence-electron chi connectivity index (χ2n) is 20.8. The Hall–Kier alpha value is -9.62. The van der Waals surface area contributed by atoms with Crippen molar-refractivity contribution in [2.24, 2.45) is 0 Å². The molecule has 0 unspecified atom stereocenters. The summed E-state index contributed by atoms with van der Waals surface area (Å²) < 4.78 is 21.9. The number of benzene rings is 11. The van der Waals surface area contributed by atoms with Gasteiger partial charge < -0.3 is 9.15 Å². The van der Waals surface area contributed by atoms with Crippen LogP contribution in [-0.4, -0.2) is 12.0 Å². The molecule has 7 heteroatoms. The van der Waals surface area contributed by atoms with Crippen LogP contribution in [0.4, 0.5) is 10.1 Å². The number of rotatable bonds is 3. The van der Waals surface area contributed by atoms with Gasteiger partial charge in [-0.05, 0) is 170 Å². The monoisotopic (exact) mass is 1190 g/mol. The van der Waals surface area contributed by atoms with Crippen molar-refractivity contribution in [3.8, 4) is 16.9 Å². The highest BCUT2D eigenvalue weighted by Gasteiger charge is 2.01. The number of aryl methyl sites for hydroxylation is 12. The van der Waals surface area contributed by atoms with Gasteiger partial charge in [-0.25, -0.2) is 4.39 Å². The average Bonchev–Trinajstić information content (AvgIpc) is 4.18. The lowest BCUT2D eigenvalue weighted by molar-refractivity contribution is -0.384. The molecule has 454 valence electrons. The molecule has 0 aliphatic carbocycles. The molecule has 88 heavy (non-hydrogen) atoms. The van der Waals surface area contributed by atoms with E-state index in [9.17, 15) is 14.5 Å². The van der Waals surface area contributed by atoms with Crippen LogP contribution in [0.25, 0.3) is 21.9 Å². The molecule has 1 heterocycles. The quantitative estimate of drug-likeness (QED) is 0.131. The lowest BCUT2D eigenvalue weighted by Gasteiger charge is -2.00. The molecule has 0 saturated carbocycles. The summed E-state index contributed by atoms with van der Waals surface area (Å²) in [4.78, 5) is 9.71. The van der Waals surface area contributed by atoms with Gasteiger partial charge >= 0.3 is 0 Å². The minimum atomic E-state index is -0.403. The van der Waals surface area contributed by atoms with Gasteiger partial charge in [0.1, 0.15) is 17.3 Å². The van der Waals surface area contributed by atoms with Crippen LogP contribution in [-0.2, 0) is 0 Å². The zero-order chi connectivity index (χ0) is 64.5. The zero-order valence-corrected chi connectivity index (χ0v) is 54.3. The summed E-state index contributed by atoms with van der Waals surface area (Å²) in [6.07, 6.45) is 1.66. The number of nitro groups is 1. The molecule has 0 bridgehead atoms. The van der Waals surface area contributed by atoms with Gasteiger partial charge in [0, 0.05) is 17.2 Å². The Balaban J connectivity index is 0.000000257. The third-order valence-corrected chi connectivity index (χ3v) is 13.2. The summed E-state index contributed by atoms with van der Waals surface area (Å²) in [5.41, 5.74) is 16.7. The average molecular weight is 1190 g/mol. The maximum Gasteiger partial charge on any atom is 0.269 e. The molecule has 12 aromatic rings. The van der Waals surface area contributed by atoms with E-state index in [1.807, 2.05) is 113 Å². The standard InChI is InChI=1S/C13H12.C11H10.C8H10O.2C8H10.C7H7Cl.C7H7F.C7H7NO2.C7H8.C5H6O/c1-11-7-9-13(10-8-11)12-5-3-2-4-6-12;1-9-5-4-7-10-6-2-3-8-11(9)10;1-7-3-5-8(9-2)6-4-7;1-7-3-5-8(2)6-4-7;1-7-5-3-4-6-8(7)2;2*1-6-2-4-7(8)5-3-6;1-6-2-4-7(5-3-6)8(9)10;1-7-5-3-2-4-6-7;1-5-3-2-4-6-5/h2-10H,1H3;2-8H,1H3;3-6H,1-2H3;2*3-6H,1-2H3;2*2-5H,1H3;2-5H,1H3;2-6H,1H3;2-4H,1H3. The molecule has 12 rings (SSSR count). The Morgan fingerprint density at radius 1 is 0.364 bits per heavy atom. The molecule has 0 saturated heterocycles. The normalized spacial score (nSPS) is 9.40. The van der Waals surface area contributed by atoms with E-state index in [0.29, 0.717) is 0 Å². The first-order valence-electron chi connectivity index (χ1n) is 29.1. The van der Waals surface area contributed by atoms with Crippen LogP contribution < -0.4 is 4.74 Å². The number of hydrogen-bond donors (Lipinski definition) is 0. The number of halogens is 2. The molecular formula is C81H87ClFNO4. The highest BCUT2D eigenvalue weighted by molar-refractivity contribution is 6.30. The SMILES string of the molecule is COc1ccc(C)cc1.Cc1ccc(-c2ccccc2)cc1.Cc1ccc(C)cc1.Cc1ccc(Cl)cc1.Cc1ccc(F)cc1.Cc1ccc([N+](=O)[O-])cc1.Cc1cccc2ccccc12.Cc1ccccc1.Cc1ccccc1C.Cc1ccco1. The summed E-state index contributed by atoms with van der Waals surface area (Å²) in [5, 5.41) is 13.6. The van der Waals surface area contributed by atoms with E-state index in [4.69, 9.17) is 20.8 Å². The molecule has 0 amide bonds. The van der Waals surface area contributed by atoms with Gasteiger partial charge in [0.15, 0.2) is 0 Å². The van der Waals surface area contributed by atoms with Gasteiger partial charge in [0.25, 0.3) is 5.69 Å². The van der Waals surface area contributed by atoms with Gasteiger partial charge in [0.2, 0.25) is 0 Å². The van der Waals surface area contributed by atoms with E-state index < -0.39 is 4.92 Å². The fraction of sp³-hybridized carbons (Fsp3) is 0.160. The van der Waals surface area contributed by atoms with Gasteiger partial charge in [-0.15, -0.1) is 0 Å². The molecule has 0 atom stereocenters. The number of furan rings is 1. The maximum atomic E-state index is 12.1. The third-order valence-electron chi connectivity index (χ3n) is 12.9. The second kappa shape index (κ2) is 42.2. The second-order valence-corrected chi connectivity index (χ2v) is 21.3. The molecule has 0 aliphatic rings. The predicted molar refractivity (Wildman–Crippen MR) is 375 cm³/mol. The number of nitrogens with zero attached hydrogens (tertiary/aromatic N) is 1. The van der Waals surface area contributed by atoms with Crippen LogP contribution in [0.3, 0.4) is 0 Å². The molecule has 5 nitrogen and oxygen atoms in total.